The molecule has 2 aliphatic carbocycles. The lowest BCUT2D eigenvalue weighted by Crippen LogP contribution is -2.46. The van der Waals surface area contributed by atoms with Gasteiger partial charge in [0.1, 0.15) is 0 Å². The summed E-state index contributed by atoms with van der Waals surface area (Å²) in [4.78, 5) is 0. The molecule has 2 atom stereocenters. The topological polar surface area (TPSA) is 30.5 Å². The molecule has 20 heavy (non-hydrogen) atoms. The summed E-state index contributed by atoms with van der Waals surface area (Å²) < 4.78 is 12.2. The van der Waals surface area contributed by atoms with Crippen LogP contribution in [0.3, 0.4) is 0 Å². The first-order valence-corrected chi connectivity index (χ1v) is 8.60. The van der Waals surface area contributed by atoms with E-state index < -0.39 is 0 Å². The zero-order valence-corrected chi connectivity index (χ0v) is 13.2. The fraction of sp³-hybridized carbons (Fsp3) is 1.00. The quantitative estimate of drug-likeness (QED) is 0.705. The zero-order chi connectivity index (χ0) is 14.0. The minimum absolute atomic E-state index is 0.241. The highest BCUT2D eigenvalue weighted by molar-refractivity contribution is 5.00. The molecule has 0 aromatic heterocycles. The third-order valence-electron chi connectivity index (χ3n) is 5.02. The van der Waals surface area contributed by atoms with Gasteiger partial charge in [-0.1, -0.05) is 13.8 Å². The van der Waals surface area contributed by atoms with Crippen molar-refractivity contribution in [3.05, 3.63) is 0 Å². The zero-order valence-electron chi connectivity index (χ0n) is 13.2. The van der Waals surface area contributed by atoms with Crippen molar-refractivity contribution >= 4 is 0 Å². The second-order valence-corrected chi connectivity index (χ2v) is 7.72. The highest BCUT2D eigenvalue weighted by Crippen LogP contribution is 2.48. The minimum Gasteiger partial charge on any atom is -0.380 e. The Hall–Kier alpha value is -0.120. The third kappa shape index (κ3) is 3.75. The first kappa shape index (κ1) is 14.8. The van der Waals surface area contributed by atoms with Crippen molar-refractivity contribution in [2.45, 2.75) is 52.1 Å². The number of ether oxygens (including phenoxy) is 2. The smallest absolute Gasteiger partial charge is 0.0694 e. The molecule has 3 rings (SSSR count). The van der Waals surface area contributed by atoms with Gasteiger partial charge in [-0.3, -0.25) is 0 Å². The largest absolute Gasteiger partial charge is 0.380 e. The summed E-state index contributed by atoms with van der Waals surface area (Å²) in [5.41, 5.74) is 0.241. The SMILES string of the molecule is CC(C)CNCC1(COCC2CC2)CCOC1C1CC1. The van der Waals surface area contributed by atoms with Gasteiger partial charge < -0.3 is 14.8 Å². The molecular formula is C17H31NO2. The van der Waals surface area contributed by atoms with Gasteiger partial charge in [0, 0.05) is 25.2 Å². The van der Waals surface area contributed by atoms with Crippen LogP contribution in [0.5, 0.6) is 0 Å². The number of hydrogen-bond donors (Lipinski definition) is 1. The molecule has 2 unspecified atom stereocenters. The van der Waals surface area contributed by atoms with Gasteiger partial charge in [0.25, 0.3) is 0 Å². The summed E-state index contributed by atoms with van der Waals surface area (Å²) in [7, 11) is 0. The predicted octanol–water partition coefficient (Wildman–Crippen LogP) is 2.84. The van der Waals surface area contributed by atoms with Crippen molar-refractivity contribution in [2.75, 3.05) is 32.9 Å². The van der Waals surface area contributed by atoms with E-state index in [2.05, 4.69) is 19.2 Å². The van der Waals surface area contributed by atoms with Crippen LogP contribution in [0.15, 0.2) is 0 Å². The van der Waals surface area contributed by atoms with Crippen molar-refractivity contribution in [1.29, 1.82) is 0 Å². The molecule has 3 aliphatic rings. The molecule has 1 heterocycles. The Labute approximate surface area is 123 Å². The molecule has 0 aromatic carbocycles. The number of nitrogens with one attached hydrogen (secondary N) is 1. The van der Waals surface area contributed by atoms with Gasteiger partial charge in [-0.05, 0) is 56.4 Å². The molecule has 0 aromatic rings. The van der Waals surface area contributed by atoms with Gasteiger partial charge in [-0.15, -0.1) is 0 Å². The average molecular weight is 281 g/mol. The fourth-order valence-corrected chi connectivity index (χ4v) is 3.46. The van der Waals surface area contributed by atoms with Crippen LogP contribution in [0.4, 0.5) is 0 Å². The lowest BCUT2D eigenvalue weighted by molar-refractivity contribution is -0.0274. The number of hydrogen-bond acceptors (Lipinski definition) is 3. The first-order chi connectivity index (χ1) is 9.70. The van der Waals surface area contributed by atoms with E-state index in [1.54, 1.807) is 0 Å². The van der Waals surface area contributed by atoms with Crippen LogP contribution in [0.2, 0.25) is 0 Å². The van der Waals surface area contributed by atoms with E-state index in [1.807, 2.05) is 0 Å². The van der Waals surface area contributed by atoms with Crippen molar-refractivity contribution in [3.8, 4) is 0 Å². The van der Waals surface area contributed by atoms with E-state index in [1.165, 1.54) is 32.1 Å². The van der Waals surface area contributed by atoms with Crippen LogP contribution in [0.25, 0.3) is 0 Å². The summed E-state index contributed by atoms with van der Waals surface area (Å²) >= 11 is 0. The van der Waals surface area contributed by atoms with Gasteiger partial charge in [-0.2, -0.15) is 0 Å². The average Bonchev–Trinajstić information content (AvgIpc) is 3.30. The van der Waals surface area contributed by atoms with E-state index in [4.69, 9.17) is 9.47 Å². The Kier molecular flexibility index (Phi) is 4.68. The van der Waals surface area contributed by atoms with Crippen molar-refractivity contribution < 1.29 is 9.47 Å². The molecule has 1 N–H and O–H groups in total. The molecule has 116 valence electrons. The van der Waals surface area contributed by atoms with Gasteiger partial charge >= 0.3 is 0 Å². The highest BCUT2D eigenvalue weighted by Gasteiger charge is 2.51. The summed E-state index contributed by atoms with van der Waals surface area (Å²) in [5, 5.41) is 3.67. The van der Waals surface area contributed by atoms with Crippen molar-refractivity contribution in [2.24, 2.45) is 23.2 Å². The van der Waals surface area contributed by atoms with Crippen molar-refractivity contribution in [1.82, 2.24) is 5.32 Å². The minimum atomic E-state index is 0.241. The van der Waals surface area contributed by atoms with Crippen LogP contribution in [-0.4, -0.2) is 39.0 Å². The van der Waals surface area contributed by atoms with E-state index >= 15 is 0 Å². The maximum Gasteiger partial charge on any atom is 0.0694 e. The Bertz CT molecular complexity index is 302. The molecule has 2 saturated carbocycles. The van der Waals surface area contributed by atoms with Crippen LogP contribution < -0.4 is 5.32 Å². The Balaban J connectivity index is 1.54. The summed E-state index contributed by atoms with van der Waals surface area (Å²) in [6.07, 6.45) is 7.09. The van der Waals surface area contributed by atoms with Gasteiger partial charge in [-0.25, -0.2) is 0 Å². The molecule has 0 amide bonds. The highest BCUT2D eigenvalue weighted by atomic mass is 16.5. The molecule has 3 nitrogen and oxygen atoms in total. The van der Waals surface area contributed by atoms with E-state index in [0.717, 1.165) is 44.7 Å². The summed E-state index contributed by atoms with van der Waals surface area (Å²) in [6, 6.07) is 0. The van der Waals surface area contributed by atoms with Gasteiger partial charge in [0.15, 0.2) is 0 Å². The second kappa shape index (κ2) is 6.33. The molecule has 0 spiro atoms. The molecule has 3 heteroatoms. The maximum absolute atomic E-state index is 6.10. The Morgan fingerprint density at radius 1 is 1.25 bits per heavy atom. The van der Waals surface area contributed by atoms with Crippen LogP contribution in [0, 0.1) is 23.2 Å². The first-order valence-electron chi connectivity index (χ1n) is 8.60. The monoisotopic (exact) mass is 281 g/mol. The molecule has 0 bridgehead atoms. The maximum atomic E-state index is 6.10. The van der Waals surface area contributed by atoms with Gasteiger partial charge in [0.2, 0.25) is 0 Å². The molecular weight excluding hydrogens is 250 g/mol. The molecule has 0 radical (unpaired) electrons. The Morgan fingerprint density at radius 3 is 2.70 bits per heavy atom. The molecule has 1 saturated heterocycles. The summed E-state index contributed by atoms with van der Waals surface area (Å²) in [6.45, 7) is 9.51. The van der Waals surface area contributed by atoms with Crippen LogP contribution >= 0.6 is 0 Å². The van der Waals surface area contributed by atoms with Crippen LogP contribution in [0.1, 0.15) is 46.0 Å². The van der Waals surface area contributed by atoms with E-state index in [9.17, 15) is 0 Å². The summed E-state index contributed by atoms with van der Waals surface area (Å²) in [5.74, 6) is 2.38. The molecule has 3 fully saturated rings. The van der Waals surface area contributed by atoms with Crippen molar-refractivity contribution in [3.63, 3.8) is 0 Å². The molecule has 1 aliphatic heterocycles. The second-order valence-electron chi connectivity index (χ2n) is 7.72. The Morgan fingerprint density at radius 2 is 2.05 bits per heavy atom. The number of rotatable bonds is 9. The standard InChI is InChI=1S/C17H31NO2/c1-13(2)9-18-11-17(12-19-10-14-3-4-14)7-8-20-16(17)15-5-6-15/h13-16,18H,3-12H2,1-2H3. The fourth-order valence-electron chi connectivity index (χ4n) is 3.46. The lowest BCUT2D eigenvalue weighted by atomic mass is 9.79. The van der Waals surface area contributed by atoms with Crippen LogP contribution in [-0.2, 0) is 9.47 Å². The van der Waals surface area contributed by atoms with E-state index in [-0.39, 0.29) is 5.41 Å². The van der Waals surface area contributed by atoms with Gasteiger partial charge in [0.05, 0.1) is 12.7 Å². The normalized spacial score (nSPS) is 34.0. The van der Waals surface area contributed by atoms with E-state index in [0.29, 0.717) is 12.0 Å². The lowest BCUT2D eigenvalue weighted by Gasteiger charge is -2.34. The predicted molar refractivity (Wildman–Crippen MR) is 80.8 cm³/mol. The third-order valence-corrected chi connectivity index (χ3v) is 5.02.